The lowest BCUT2D eigenvalue weighted by Crippen LogP contribution is -2.48. The number of hydrogen-bond acceptors (Lipinski definition) is 3. The van der Waals surface area contributed by atoms with E-state index in [0.717, 1.165) is 18.6 Å². The normalized spacial score (nSPS) is 19.9. The molecule has 2 nitrogen and oxygen atoms in total. The zero-order valence-corrected chi connectivity index (χ0v) is 17.3. The SMILES string of the molecule is c1ccc(SCCCNCCN(C2CCCCC2)C2CCCCC2)cc1. The van der Waals surface area contributed by atoms with E-state index in [2.05, 4.69) is 40.5 Å². The van der Waals surface area contributed by atoms with E-state index in [9.17, 15) is 0 Å². The van der Waals surface area contributed by atoms with Crippen LogP contribution in [0.4, 0.5) is 0 Å². The standard InChI is InChI=1S/C23H38N2S/c1-4-11-21(12-5-1)25(22-13-6-2-7-14-22)19-18-24-17-10-20-26-23-15-8-3-9-16-23/h3,8-9,15-16,21-22,24H,1-2,4-7,10-14,17-20H2. The minimum Gasteiger partial charge on any atom is -0.315 e. The zero-order valence-electron chi connectivity index (χ0n) is 16.5. The highest BCUT2D eigenvalue weighted by Gasteiger charge is 2.28. The highest BCUT2D eigenvalue weighted by Crippen LogP contribution is 2.29. The van der Waals surface area contributed by atoms with Gasteiger partial charge in [-0.1, -0.05) is 56.7 Å². The molecule has 0 aliphatic heterocycles. The Bertz CT molecular complexity index is 448. The summed E-state index contributed by atoms with van der Waals surface area (Å²) in [5.41, 5.74) is 0. The molecule has 26 heavy (non-hydrogen) atoms. The summed E-state index contributed by atoms with van der Waals surface area (Å²) in [7, 11) is 0. The number of nitrogens with one attached hydrogen (secondary N) is 1. The average Bonchev–Trinajstić information content (AvgIpc) is 2.72. The molecule has 0 radical (unpaired) electrons. The first-order valence-electron chi connectivity index (χ1n) is 11.1. The fraction of sp³-hybridized carbons (Fsp3) is 0.739. The molecule has 146 valence electrons. The van der Waals surface area contributed by atoms with E-state index in [-0.39, 0.29) is 0 Å². The summed E-state index contributed by atoms with van der Waals surface area (Å²) in [6.45, 7) is 3.59. The van der Waals surface area contributed by atoms with E-state index in [1.54, 1.807) is 0 Å². The summed E-state index contributed by atoms with van der Waals surface area (Å²) in [6.07, 6.45) is 15.8. The lowest BCUT2D eigenvalue weighted by molar-refractivity contribution is 0.0819. The van der Waals surface area contributed by atoms with Gasteiger partial charge in [0, 0.05) is 30.1 Å². The molecule has 2 fully saturated rings. The van der Waals surface area contributed by atoms with E-state index in [4.69, 9.17) is 0 Å². The lowest BCUT2D eigenvalue weighted by atomic mass is 9.88. The predicted molar refractivity (Wildman–Crippen MR) is 115 cm³/mol. The van der Waals surface area contributed by atoms with Crippen LogP contribution >= 0.6 is 11.8 Å². The summed E-state index contributed by atoms with van der Waals surface area (Å²) in [6, 6.07) is 12.5. The Balaban J connectivity index is 1.33. The molecule has 1 N–H and O–H groups in total. The van der Waals surface area contributed by atoms with Crippen molar-refractivity contribution in [1.82, 2.24) is 10.2 Å². The van der Waals surface area contributed by atoms with E-state index >= 15 is 0 Å². The van der Waals surface area contributed by atoms with Gasteiger partial charge in [0.1, 0.15) is 0 Å². The molecule has 0 bridgehead atoms. The summed E-state index contributed by atoms with van der Waals surface area (Å²) in [5, 5.41) is 3.73. The third kappa shape index (κ3) is 6.90. The van der Waals surface area contributed by atoms with Crippen molar-refractivity contribution in [1.29, 1.82) is 0 Å². The highest BCUT2D eigenvalue weighted by atomic mass is 32.2. The van der Waals surface area contributed by atoms with Gasteiger partial charge < -0.3 is 5.32 Å². The molecule has 0 heterocycles. The molecule has 3 rings (SSSR count). The molecule has 1 aromatic carbocycles. The average molecular weight is 375 g/mol. The fourth-order valence-corrected chi connectivity index (χ4v) is 5.60. The van der Waals surface area contributed by atoms with Crippen LogP contribution in [0.25, 0.3) is 0 Å². The molecule has 0 atom stereocenters. The number of rotatable bonds is 10. The lowest BCUT2D eigenvalue weighted by Gasteiger charge is -2.41. The monoisotopic (exact) mass is 374 g/mol. The molecule has 1 aromatic rings. The zero-order chi connectivity index (χ0) is 17.9. The third-order valence-corrected chi connectivity index (χ3v) is 7.24. The van der Waals surface area contributed by atoms with E-state index in [1.165, 1.54) is 94.4 Å². The van der Waals surface area contributed by atoms with Crippen molar-refractivity contribution in [2.75, 3.05) is 25.4 Å². The second kappa shape index (κ2) is 12.0. The Labute approximate surface area is 165 Å². The summed E-state index contributed by atoms with van der Waals surface area (Å²) in [4.78, 5) is 4.32. The molecule has 3 heteroatoms. The molecule has 0 aromatic heterocycles. The smallest absolute Gasteiger partial charge is 0.0113 e. The maximum absolute atomic E-state index is 3.73. The summed E-state index contributed by atoms with van der Waals surface area (Å²) in [5.74, 6) is 1.21. The molecular weight excluding hydrogens is 336 g/mol. The van der Waals surface area contributed by atoms with Gasteiger partial charge in [-0.15, -0.1) is 11.8 Å². The molecule has 2 aliphatic rings. The van der Waals surface area contributed by atoms with Crippen LogP contribution < -0.4 is 5.32 Å². The number of thioether (sulfide) groups is 1. The Hall–Kier alpha value is -0.510. The van der Waals surface area contributed by atoms with Crippen LogP contribution in [-0.4, -0.2) is 42.4 Å². The van der Waals surface area contributed by atoms with Crippen LogP contribution in [0.1, 0.15) is 70.6 Å². The molecule has 2 saturated carbocycles. The fourth-order valence-electron chi connectivity index (χ4n) is 4.73. The maximum Gasteiger partial charge on any atom is 0.0113 e. The van der Waals surface area contributed by atoms with Crippen LogP contribution in [0.2, 0.25) is 0 Å². The molecule has 0 saturated heterocycles. The number of benzene rings is 1. The highest BCUT2D eigenvalue weighted by molar-refractivity contribution is 7.99. The van der Waals surface area contributed by atoms with Crippen LogP contribution in [0.3, 0.4) is 0 Å². The van der Waals surface area contributed by atoms with Gasteiger partial charge in [-0.05, 0) is 56.5 Å². The Morgan fingerprint density at radius 3 is 2.04 bits per heavy atom. The van der Waals surface area contributed by atoms with Gasteiger partial charge in [0.2, 0.25) is 0 Å². The van der Waals surface area contributed by atoms with Crippen LogP contribution in [0.5, 0.6) is 0 Å². The van der Waals surface area contributed by atoms with E-state index in [0.29, 0.717) is 0 Å². The molecule has 2 aliphatic carbocycles. The molecule has 0 amide bonds. The second-order valence-electron chi connectivity index (χ2n) is 8.09. The summed E-state index contributed by atoms with van der Waals surface area (Å²) >= 11 is 1.98. The first kappa shape index (κ1) is 20.2. The summed E-state index contributed by atoms with van der Waals surface area (Å²) < 4.78 is 0. The van der Waals surface area contributed by atoms with Gasteiger partial charge >= 0.3 is 0 Å². The number of nitrogens with zero attached hydrogens (tertiary/aromatic N) is 1. The van der Waals surface area contributed by atoms with Gasteiger partial charge in [-0.3, -0.25) is 4.90 Å². The van der Waals surface area contributed by atoms with Crippen LogP contribution in [0.15, 0.2) is 35.2 Å². The third-order valence-electron chi connectivity index (χ3n) is 6.14. The first-order chi connectivity index (χ1) is 12.9. The minimum atomic E-state index is 0.877. The Morgan fingerprint density at radius 2 is 1.42 bits per heavy atom. The van der Waals surface area contributed by atoms with Crippen molar-refractivity contribution in [3.05, 3.63) is 30.3 Å². The maximum atomic E-state index is 3.73. The van der Waals surface area contributed by atoms with Crippen molar-refractivity contribution in [2.45, 2.75) is 87.6 Å². The first-order valence-corrected chi connectivity index (χ1v) is 12.1. The molecular formula is C23H38N2S. The minimum absolute atomic E-state index is 0.877. The van der Waals surface area contributed by atoms with Crippen LogP contribution in [-0.2, 0) is 0 Å². The van der Waals surface area contributed by atoms with Crippen LogP contribution in [0, 0.1) is 0 Å². The van der Waals surface area contributed by atoms with Crippen molar-refractivity contribution in [2.24, 2.45) is 0 Å². The largest absolute Gasteiger partial charge is 0.315 e. The quantitative estimate of drug-likeness (QED) is 0.416. The van der Waals surface area contributed by atoms with Gasteiger partial charge in [-0.2, -0.15) is 0 Å². The molecule has 0 unspecified atom stereocenters. The van der Waals surface area contributed by atoms with Gasteiger partial charge in [0.15, 0.2) is 0 Å². The van der Waals surface area contributed by atoms with E-state index < -0.39 is 0 Å². The number of hydrogen-bond donors (Lipinski definition) is 1. The second-order valence-corrected chi connectivity index (χ2v) is 9.25. The predicted octanol–water partition coefficient (Wildman–Crippen LogP) is 5.73. The Morgan fingerprint density at radius 1 is 0.808 bits per heavy atom. The van der Waals surface area contributed by atoms with Gasteiger partial charge in [0.05, 0.1) is 0 Å². The van der Waals surface area contributed by atoms with Crippen molar-refractivity contribution in [3.8, 4) is 0 Å². The van der Waals surface area contributed by atoms with Crippen molar-refractivity contribution >= 4 is 11.8 Å². The Kier molecular flexibility index (Phi) is 9.37. The van der Waals surface area contributed by atoms with Gasteiger partial charge in [-0.25, -0.2) is 0 Å². The van der Waals surface area contributed by atoms with Gasteiger partial charge in [0.25, 0.3) is 0 Å². The van der Waals surface area contributed by atoms with E-state index in [1.807, 2.05) is 11.8 Å². The topological polar surface area (TPSA) is 15.3 Å². The van der Waals surface area contributed by atoms with Crippen molar-refractivity contribution < 1.29 is 0 Å². The molecule has 0 spiro atoms. The van der Waals surface area contributed by atoms with Crippen molar-refractivity contribution in [3.63, 3.8) is 0 Å².